The molecule has 0 aliphatic carbocycles. The molecule has 1 N–H and O–H groups in total. The summed E-state index contributed by atoms with van der Waals surface area (Å²) >= 11 is 1.31. The van der Waals surface area contributed by atoms with Gasteiger partial charge < -0.3 is 10.1 Å². The minimum absolute atomic E-state index is 0.0326. The molecule has 0 bridgehead atoms. The summed E-state index contributed by atoms with van der Waals surface area (Å²) in [5, 5.41) is 15.3. The SMILES string of the molecule is COc1ccc(-n2nnnc2SCC(=O)NC(C)CCc2ccccc2)cc1. The van der Waals surface area contributed by atoms with E-state index in [9.17, 15) is 4.79 Å². The average Bonchev–Trinajstić information content (AvgIpc) is 3.20. The number of aryl methyl sites for hydroxylation is 1. The fourth-order valence-electron chi connectivity index (χ4n) is 2.70. The topological polar surface area (TPSA) is 81.9 Å². The summed E-state index contributed by atoms with van der Waals surface area (Å²) in [5.41, 5.74) is 2.08. The molecule has 0 aliphatic heterocycles. The highest BCUT2D eigenvalue weighted by molar-refractivity contribution is 7.99. The van der Waals surface area contributed by atoms with Gasteiger partial charge in [-0.2, -0.15) is 4.68 Å². The van der Waals surface area contributed by atoms with Crippen LogP contribution in [0.5, 0.6) is 5.75 Å². The van der Waals surface area contributed by atoms with Gasteiger partial charge in [0.05, 0.1) is 18.6 Å². The molecular weight excluding hydrogens is 374 g/mol. The fourth-order valence-corrected chi connectivity index (χ4v) is 3.40. The Morgan fingerprint density at radius 1 is 1.18 bits per heavy atom. The summed E-state index contributed by atoms with van der Waals surface area (Å²) in [4.78, 5) is 12.3. The molecular formula is C20H23N5O2S. The smallest absolute Gasteiger partial charge is 0.230 e. The van der Waals surface area contributed by atoms with Crippen LogP contribution in [-0.2, 0) is 11.2 Å². The van der Waals surface area contributed by atoms with E-state index in [4.69, 9.17) is 4.74 Å². The van der Waals surface area contributed by atoms with Crippen LogP contribution < -0.4 is 10.1 Å². The molecule has 28 heavy (non-hydrogen) atoms. The van der Waals surface area contributed by atoms with Crippen LogP contribution in [0.3, 0.4) is 0 Å². The molecule has 3 aromatic rings. The first-order valence-corrected chi connectivity index (χ1v) is 10.0. The summed E-state index contributed by atoms with van der Waals surface area (Å²) in [7, 11) is 1.62. The number of rotatable bonds is 9. The molecule has 1 atom stereocenters. The number of carbonyl (C=O) groups excluding carboxylic acids is 1. The van der Waals surface area contributed by atoms with Gasteiger partial charge in [0, 0.05) is 6.04 Å². The minimum atomic E-state index is -0.0326. The highest BCUT2D eigenvalue weighted by Gasteiger charge is 2.13. The molecule has 8 heteroatoms. The van der Waals surface area contributed by atoms with Crippen LogP contribution in [0.25, 0.3) is 5.69 Å². The Bertz CT molecular complexity index is 883. The van der Waals surface area contributed by atoms with Gasteiger partial charge in [-0.3, -0.25) is 4.79 Å². The highest BCUT2D eigenvalue weighted by atomic mass is 32.2. The van der Waals surface area contributed by atoms with Gasteiger partial charge in [-0.25, -0.2) is 0 Å². The normalized spacial score (nSPS) is 11.8. The lowest BCUT2D eigenvalue weighted by Crippen LogP contribution is -2.34. The van der Waals surface area contributed by atoms with Crippen molar-refractivity contribution in [1.82, 2.24) is 25.5 Å². The maximum atomic E-state index is 12.3. The van der Waals surface area contributed by atoms with Crippen molar-refractivity contribution >= 4 is 17.7 Å². The van der Waals surface area contributed by atoms with E-state index < -0.39 is 0 Å². The molecule has 0 radical (unpaired) electrons. The zero-order valence-corrected chi connectivity index (χ0v) is 16.7. The Morgan fingerprint density at radius 3 is 2.64 bits per heavy atom. The number of aromatic nitrogens is 4. The van der Waals surface area contributed by atoms with Crippen LogP contribution in [0, 0.1) is 0 Å². The van der Waals surface area contributed by atoms with Crippen LogP contribution in [-0.4, -0.2) is 45.0 Å². The van der Waals surface area contributed by atoms with Crippen molar-refractivity contribution in [3.63, 3.8) is 0 Å². The van der Waals surface area contributed by atoms with Crippen LogP contribution in [0.15, 0.2) is 59.8 Å². The second-order valence-corrected chi connectivity index (χ2v) is 7.30. The van der Waals surface area contributed by atoms with Crippen molar-refractivity contribution in [1.29, 1.82) is 0 Å². The third-order valence-corrected chi connectivity index (χ3v) is 5.13. The summed E-state index contributed by atoms with van der Waals surface area (Å²) in [5.74, 6) is 0.983. The number of tetrazole rings is 1. The van der Waals surface area contributed by atoms with E-state index in [-0.39, 0.29) is 17.7 Å². The number of nitrogens with one attached hydrogen (secondary N) is 1. The molecule has 7 nitrogen and oxygen atoms in total. The van der Waals surface area contributed by atoms with Crippen LogP contribution in [0.2, 0.25) is 0 Å². The van der Waals surface area contributed by atoms with Crippen LogP contribution >= 0.6 is 11.8 Å². The summed E-state index contributed by atoms with van der Waals surface area (Å²) in [6, 6.07) is 17.8. The molecule has 1 aromatic heterocycles. The molecule has 0 aliphatic rings. The highest BCUT2D eigenvalue weighted by Crippen LogP contribution is 2.20. The maximum absolute atomic E-state index is 12.3. The Kier molecular flexibility index (Phi) is 7.02. The minimum Gasteiger partial charge on any atom is -0.497 e. The number of benzene rings is 2. The lowest BCUT2D eigenvalue weighted by atomic mass is 10.1. The molecule has 1 unspecified atom stereocenters. The van der Waals surface area contributed by atoms with Gasteiger partial charge in [-0.1, -0.05) is 42.1 Å². The predicted octanol–water partition coefficient (Wildman–Crippen LogP) is 2.90. The second-order valence-electron chi connectivity index (χ2n) is 6.35. The Balaban J connectivity index is 1.49. The van der Waals surface area contributed by atoms with Crippen LogP contribution in [0.4, 0.5) is 0 Å². The molecule has 0 saturated heterocycles. The largest absolute Gasteiger partial charge is 0.497 e. The van der Waals surface area contributed by atoms with Crippen molar-refractivity contribution in [3.8, 4) is 11.4 Å². The second kappa shape index (κ2) is 9.89. The lowest BCUT2D eigenvalue weighted by molar-refractivity contribution is -0.119. The average molecular weight is 398 g/mol. The molecule has 1 amide bonds. The van der Waals surface area contributed by atoms with Crippen molar-refractivity contribution in [2.24, 2.45) is 0 Å². The summed E-state index contributed by atoms with van der Waals surface area (Å²) < 4.78 is 6.77. The Hall–Kier alpha value is -2.87. The molecule has 2 aromatic carbocycles. The number of hydrogen-bond acceptors (Lipinski definition) is 6. The van der Waals surface area contributed by atoms with Gasteiger partial charge in [0.25, 0.3) is 0 Å². The fraction of sp³-hybridized carbons (Fsp3) is 0.300. The van der Waals surface area contributed by atoms with E-state index in [0.717, 1.165) is 24.3 Å². The first-order valence-electron chi connectivity index (χ1n) is 9.04. The summed E-state index contributed by atoms with van der Waals surface area (Å²) in [6.07, 6.45) is 1.83. The predicted molar refractivity (Wildman–Crippen MR) is 109 cm³/mol. The van der Waals surface area contributed by atoms with E-state index >= 15 is 0 Å². The molecule has 146 valence electrons. The van der Waals surface area contributed by atoms with E-state index in [1.165, 1.54) is 17.3 Å². The van der Waals surface area contributed by atoms with Gasteiger partial charge in [0.2, 0.25) is 11.1 Å². The van der Waals surface area contributed by atoms with Crippen molar-refractivity contribution in [2.75, 3.05) is 12.9 Å². The number of carbonyl (C=O) groups is 1. The zero-order chi connectivity index (χ0) is 19.8. The standard InChI is InChI=1S/C20H23N5O2S/c1-15(8-9-16-6-4-3-5-7-16)21-19(26)14-28-20-22-23-24-25(20)17-10-12-18(27-2)13-11-17/h3-7,10-13,15H,8-9,14H2,1-2H3,(H,21,26). The number of methoxy groups -OCH3 is 1. The van der Waals surface area contributed by atoms with Gasteiger partial charge in [-0.05, 0) is 60.0 Å². The van der Waals surface area contributed by atoms with Crippen molar-refractivity contribution in [3.05, 3.63) is 60.2 Å². The van der Waals surface area contributed by atoms with Gasteiger partial charge in [0.1, 0.15) is 5.75 Å². The number of thioether (sulfide) groups is 1. The molecule has 0 spiro atoms. The first-order chi connectivity index (χ1) is 13.7. The van der Waals surface area contributed by atoms with E-state index in [0.29, 0.717) is 5.16 Å². The molecule has 3 rings (SSSR count). The maximum Gasteiger partial charge on any atom is 0.230 e. The molecule has 0 saturated carbocycles. The number of amides is 1. The Morgan fingerprint density at radius 2 is 1.93 bits per heavy atom. The van der Waals surface area contributed by atoms with Gasteiger partial charge >= 0.3 is 0 Å². The van der Waals surface area contributed by atoms with E-state index in [2.05, 4.69) is 33.0 Å². The molecule has 0 fully saturated rings. The number of hydrogen-bond donors (Lipinski definition) is 1. The quantitative estimate of drug-likeness (QED) is 0.559. The first kappa shape index (κ1) is 19.9. The van der Waals surface area contributed by atoms with E-state index in [1.807, 2.05) is 49.4 Å². The van der Waals surface area contributed by atoms with Crippen molar-refractivity contribution in [2.45, 2.75) is 31.0 Å². The molecule has 1 heterocycles. The van der Waals surface area contributed by atoms with Gasteiger partial charge in [-0.15, -0.1) is 5.10 Å². The van der Waals surface area contributed by atoms with Crippen LogP contribution in [0.1, 0.15) is 18.9 Å². The monoisotopic (exact) mass is 397 g/mol. The third-order valence-electron chi connectivity index (χ3n) is 4.21. The van der Waals surface area contributed by atoms with Crippen molar-refractivity contribution < 1.29 is 9.53 Å². The number of ether oxygens (including phenoxy) is 1. The summed E-state index contributed by atoms with van der Waals surface area (Å²) in [6.45, 7) is 2.02. The lowest BCUT2D eigenvalue weighted by Gasteiger charge is -2.13. The zero-order valence-electron chi connectivity index (χ0n) is 15.9. The number of nitrogens with zero attached hydrogens (tertiary/aromatic N) is 4. The van der Waals surface area contributed by atoms with Gasteiger partial charge in [0.15, 0.2) is 0 Å². The van der Waals surface area contributed by atoms with E-state index in [1.54, 1.807) is 11.8 Å². The Labute approximate surface area is 168 Å². The third kappa shape index (κ3) is 5.56.